The highest BCUT2D eigenvalue weighted by molar-refractivity contribution is 6.07. The fraction of sp³-hybridized carbons (Fsp3) is 0.500. The maximum Gasteiger partial charge on any atom is 0.238 e. The van der Waals surface area contributed by atoms with Crippen LogP contribution in [0.25, 0.3) is 0 Å². The Morgan fingerprint density at radius 3 is 2.33 bits per heavy atom. The van der Waals surface area contributed by atoms with Gasteiger partial charge in [-0.3, -0.25) is 9.59 Å². The number of nitrogens with zero attached hydrogens (tertiary/aromatic N) is 1. The van der Waals surface area contributed by atoms with E-state index in [1.54, 1.807) is 12.1 Å². The molecule has 4 nitrogen and oxygen atoms in total. The maximum atomic E-state index is 12.8. The number of hydrogen-bond donors (Lipinski definition) is 1. The number of nitrogens with one attached hydrogen (secondary N) is 1. The van der Waals surface area contributed by atoms with Gasteiger partial charge in [0.25, 0.3) is 0 Å². The van der Waals surface area contributed by atoms with E-state index in [9.17, 15) is 14.0 Å². The van der Waals surface area contributed by atoms with Crippen LogP contribution in [0.2, 0.25) is 0 Å². The number of carbonyl (C=O) groups is 2. The van der Waals surface area contributed by atoms with Crippen LogP contribution in [0.5, 0.6) is 0 Å². The van der Waals surface area contributed by atoms with Gasteiger partial charge < -0.3 is 10.2 Å². The molecule has 0 radical (unpaired) electrons. The van der Waals surface area contributed by atoms with Gasteiger partial charge in [0, 0.05) is 19.6 Å². The van der Waals surface area contributed by atoms with E-state index < -0.39 is 5.41 Å². The highest BCUT2D eigenvalue weighted by atomic mass is 19.1. The molecule has 1 aliphatic heterocycles. The molecule has 1 aromatic carbocycles. The predicted octanol–water partition coefficient (Wildman–Crippen LogP) is 1.84. The van der Waals surface area contributed by atoms with Crippen molar-refractivity contribution in [3.05, 3.63) is 35.6 Å². The summed E-state index contributed by atoms with van der Waals surface area (Å²) in [6, 6.07) is 6.00. The number of halogens is 1. The lowest BCUT2D eigenvalue weighted by atomic mass is 10.0. The zero-order valence-electron chi connectivity index (χ0n) is 11.9. The highest BCUT2D eigenvalue weighted by Crippen LogP contribution is 2.48. The molecule has 1 saturated carbocycles. The number of likely N-dealkylation sites (tertiary alicyclic amines) is 1. The Bertz CT molecular complexity index is 546. The van der Waals surface area contributed by atoms with E-state index in [0.29, 0.717) is 19.4 Å². The molecular weight excluding hydrogens is 271 g/mol. The number of carbonyl (C=O) groups excluding carboxylic acids is 2. The maximum absolute atomic E-state index is 12.8. The summed E-state index contributed by atoms with van der Waals surface area (Å²) in [4.78, 5) is 26.6. The van der Waals surface area contributed by atoms with Gasteiger partial charge in [-0.15, -0.1) is 0 Å². The normalized spacial score (nSPS) is 19.4. The van der Waals surface area contributed by atoms with Gasteiger partial charge in [-0.1, -0.05) is 12.1 Å². The van der Waals surface area contributed by atoms with Crippen LogP contribution in [0, 0.1) is 11.2 Å². The van der Waals surface area contributed by atoms with Crippen molar-refractivity contribution >= 4 is 11.8 Å². The van der Waals surface area contributed by atoms with Gasteiger partial charge in [0.15, 0.2) is 0 Å². The topological polar surface area (TPSA) is 49.4 Å². The number of rotatable bonds is 4. The van der Waals surface area contributed by atoms with Crippen molar-refractivity contribution < 1.29 is 14.0 Å². The molecule has 0 bridgehead atoms. The highest BCUT2D eigenvalue weighted by Gasteiger charge is 2.58. The van der Waals surface area contributed by atoms with Gasteiger partial charge in [-0.2, -0.15) is 0 Å². The Morgan fingerprint density at radius 2 is 1.76 bits per heavy atom. The lowest BCUT2D eigenvalue weighted by Gasteiger charge is -2.22. The summed E-state index contributed by atoms with van der Waals surface area (Å²) in [5, 5.41) is 2.82. The van der Waals surface area contributed by atoms with Crippen LogP contribution in [0.1, 0.15) is 31.2 Å². The standard InChI is InChI=1S/C16H19FN2O2/c17-13-5-3-12(4-6-13)11-18-14(20)16(7-8-16)15(21)19-9-1-2-10-19/h3-6H,1-2,7-11H2,(H,18,20). The molecule has 3 rings (SSSR count). The summed E-state index contributed by atoms with van der Waals surface area (Å²) in [5.74, 6) is -0.506. The SMILES string of the molecule is O=C(NCc1ccc(F)cc1)C1(C(=O)N2CCCC2)CC1. The summed E-state index contributed by atoms with van der Waals surface area (Å²) < 4.78 is 12.8. The van der Waals surface area contributed by atoms with Gasteiger partial charge in [-0.25, -0.2) is 4.39 Å². The average Bonchev–Trinajstić information content (AvgIpc) is 3.13. The van der Waals surface area contributed by atoms with Crippen molar-refractivity contribution in [2.75, 3.05) is 13.1 Å². The average molecular weight is 290 g/mol. The Balaban J connectivity index is 1.59. The largest absolute Gasteiger partial charge is 0.351 e. The van der Waals surface area contributed by atoms with E-state index in [2.05, 4.69) is 5.32 Å². The van der Waals surface area contributed by atoms with Crippen molar-refractivity contribution in [2.45, 2.75) is 32.2 Å². The zero-order valence-corrected chi connectivity index (χ0v) is 11.9. The van der Waals surface area contributed by atoms with Crippen molar-refractivity contribution in [1.82, 2.24) is 10.2 Å². The van der Waals surface area contributed by atoms with Crippen LogP contribution in [-0.4, -0.2) is 29.8 Å². The molecule has 0 atom stereocenters. The predicted molar refractivity (Wildman–Crippen MR) is 75.7 cm³/mol. The Labute approximate surface area is 123 Å². The van der Waals surface area contributed by atoms with Gasteiger partial charge in [0.1, 0.15) is 11.2 Å². The quantitative estimate of drug-likeness (QED) is 0.860. The second-order valence-corrected chi connectivity index (χ2v) is 5.89. The molecule has 0 aromatic heterocycles. The third-order valence-electron chi connectivity index (χ3n) is 4.35. The Kier molecular flexibility index (Phi) is 3.66. The first kappa shape index (κ1) is 14.0. The minimum Gasteiger partial charge on any atom is -0.351 e. The second kappa shape index (κ2) is 5.47. The molecule has 21 heavy (non-hydrogen) atoms. The molecular formula is C16H19FN2O2. The molecule has 112 valence electrons. The molecule has 2 amide bonds. The van der Waals surface area contributed by atoms with Crippen LogP contribution in [-0.2, 0) is 16.1 Å². The summed E-state index contributed by atoms with van der Waals surface area (Å²) in [7, 11) is 0. The van der Waals surface area contributed by atoms with Crippen molar-refractivity contribution in [3.8, 4) is 0 Å². The summed E-state index contributed by atoms with van der Waals surface area (Å²) in [5.41, 5.74) is -0.00106. The molecule has 1 saturated heterocycles. The molecule has 1 aromatic rings. The minimum atomic E-state index is -0.829. The van der Waals surface area contributed by atoms with E-state index >= 15 is 0 Å². The van der Waals surface area contributed by atoms with Gasteiger partial charge in [-0.05, 0) is 43.4 Å². The van der Waals surface area contributed by atoms with E-state index in [4.69, 9.17) is 0 Å². The van der Waals surface area contributed by atoms with Crippen molar-refractivity contribution in [1.29, 1.82) is 0 Å². The number of hydrogen-bond acceptors (Lipinski definition) is 2. The fourth-order valence-corrected chi connectivity index (χ4v) is 2.84. The lowest BCUT2D eigenvalue weighted by molar-refractivity contribution is -0.143. The van der Waals surface area contributed by atoms with E-state index in [-0.39, 0.29) is 17.6 Å². The number of benzene rings is 1. The first-order valence-corrected chi connectivity index (χ1v) is 7.44. The summed E-state index contributed by atoms with van der Waals surface area (Å²) in [6.45, 7) is 1.87. The van der Waals surface area contributed by atoms with Crippen LogP contribution in [0.4, 0.5) is 4.39 Å². The van der Waals surface area contributed by atoms with Crippen LogP contribution in [0.15, 0.2) is 24.3 Å². The van der Waals surface area contributed by atoms with Crippen LogP contribution < -0.4 is 5.32 Å². The van der Waals surface area contributed by atoms with E-state index in [1.807, 2.05) is 4.90 Å². The van der Waals surface area contributed by atoms with Crippen LogP contribution >= 0.6 is 0 Å². The number of amides is 2. The molecule has 2 fully saturated rings. The molecule has 5 heteroatoms. The molecule has 0 unspecified atom stereocenters. The molecule has 1 N–H and O–H groups in total. The van der Waals surface area contributed by atoms with Gasteiger partial charge in [0.05, 0.1) is 0 Å². The zero-order chi connectivity index (χ0) is 14.9. The van der Waals surface area contributed by atoms with E-state index in [0.717, 1.165) is 31.5 Å². The Morgan fingerprint density at radius 1 is 1.14 bits per heavy atom. The third-order valence-corrected chi connectivity index (χ3v) is 4.35. The van der Waals surface area contributed by atoms with E-state index in [1.165, 1.54) is 12.1 Å². The first-order chi connectivity index (χ1) is 10.1. The minimum absolute atomic E-state index is 0.0170. The molecule has 1 heterocycles. The van der Waals surface area contributed by atoms with Crippen molar-refractivity contribution in [3.63, 3.8) is 0 Å². The van der Waals surface area contributed by atoms with Gasteiger partial charge in [0.2, 0.25) is 11.8 Å². The fourth-order valence-electron chi connectivity index (χ4n) is 2.84. The third kappa shape index (κ3) is 2.77. The lowest BCUT2D eigenvalue weighted by Crippen LogP contribution is -2.44. The summed E-state index contributed by atoms with van der Waals surface area (Å²) in [6.07, 6.45) is 3.33. The first-order valence-electron chi connectivity index (χ1n) is 7.44. The Hall–Kier alpha value is -1.91. The van der Waals surface area contributed by atoms with Crippen molar-refractivity contribution in [2.24, 2.45) is 5.41 Å². The van der Waals surface area contributed by atoms with Gasteiger partial charge >= 0.3 is 0 Å². The van der Waals surface area contributed by atoms with Crippen LogP contribution in [0.3, 0.4) is 0 Å². The molecule has 1 aliphatic carbocycles. The summed E-state index contributed by atoms with van der Waals surface area (Å²) >= 11 is 0. The monoisotopic (exact) mass is 290 g/mol. The smallest absolute Gasteiger partial charge is 0.238 e. The molecule has 0 spiro atoms. The molecule has 2 aliphatic rings. The second-order valence-electron chi connectivity index (χ2n) is 5.89.